The predicted molar refractivity (Wildman–Crippen MR) is 51.3 cm³/mol. The SMILES string of the molecule is O=C(O)[C@H]1CC[C@@H](C(=O)N2CCCC2)O1. The summed E-state index contributed by atoms with van der Waals surface area (Å²) in [5, 5.41) is 8.73. The van der Waals surface area contributed by atoms with Crippen LogP contribution in [0.15, 0.2) is 0 Å². The summed E-state index contributed by atoms with van der Waals surface area (Å²) in [6.07, 6.45) is 1.75. The Morgan fingerprint density at radius 2 is 1.73 bits per heavy atom. The van der Waals surface area contributed by atoms with Crippen molar-refractivity contribution in [2.75, 3.05) is 13.1 Å². The predicted octanol–water partition coefficient (Wildman–Crippen LogP) is 0.241. The molecule has 0 bridgehead atoms. The van der Waals surface area contributed by atoms with E-state index in [2.05, 4.69) is 0 Å². The van der Waals surface area contributed by atoms with Crippen LogP contribution in [-0.4, -0.2) is 47.2 Å². The highest BCUT2D eigenvalue weighted by molar-refractivity contribution is 5.82. The summed E-state index contributed by atoms with van der Waals surface area (Å²) >= 11 is 0. The van der Waals surface area contributed by atoms with E-state index in [9.17, 15) is 9.59 Å². The summed E-state index contributed by atoms with van der Waals surface area (Å²) in [6.45, 7) is 1.58. The second-order valence-electron chi connectivity index (χ2n) is 4.06. The number of rotatable bonds is 2. The number of carboxylic acid groups (broad SMARTS) is 1. The standard InChI is InChI=1S/C10H15NO4/c12-9(11-5-1-2-6-11)7-3-4-8(15-7)10(13)14/h7-8H,1-6H2,(H,13,14)/t7-,8+/m0/s1. The first kappa shape index (κ1) is 10.4. The monoisotopic (exact) mass is 213 g/mol. The maximum absolute atomic E-state index is 11.8. The Balaban J connectivity index is 1.89. The summed E-state index contributed by atoms with van der Waals surface area (Å²) in [4.78, 5) is 24.2. The summed E-state index contributed by atoms with van der Waals surface area (Å²) in [5.74, 6) is -0.997. The van der Waals surface area contributed by atoms with Gasteiger partial charge in [0.2, 0.25) is 0 Å². The van der Waals surface area contributed by atoms with E-state index in [0.717, 1.165) is 25.9 Å². The number of nitrogens with zero attached hydrogens (tertiary/aromatic N) is 1. The van der Waals surface area contributed by atoms with Gasteiger partial charge < -0.3 is 14.7 Å². The van der Waals surface area contributed by atoms with Crippen LogP contribution in [0.3, 0.4) is 0 Å². The lowest BCUT2D eigenvalue weighted by Crippen LogP contribution is -2.37. The molecule has 2 saturated heterocycles. The molecule has 84 valence electrons. The van der Waals surface area contributed by atoms with Crippen molar-refractivity contribution in [3.05, 3.63) is 0 Å². The molecule has 2 atom stereocenters. The quantitative estimate of drug-likeness (QED) is 0.713. The topological polar surface area (TPSA) is 66.8 Å². The van der Waals surface area contributed by atoms with Crippen molar-refractivity contribution in [2.24, 2.45) is 0 Å². The molecule has 1 N–H and O–H groups in total. The van der Waals surface area contributed by atoms with Gasteiger partial charge in [0, 0.05) is 13.1 Å². The van der Waals surface area contributed by atoms with Crippen molar-refractivity contribution in [3.63, 3.8) is 0 Å². The van der Waals surface area contributed by atoms with Crippen LogP contribution < -0.4 is 0 Å². The Morgan fingerprint density at radius 3 is 2.27 bits per heavy atom. The average Bonchev–Trinajstić information content (AvgIpc) is 2.88. The van der Waals surface area contributed by atoms with E-state index in [1.807, 2.05) is 0 Å². The Bertz CT molecular complexity index is 273. The van der Waals surface area contributed by atoms with E-state index in [1.54, 1.807) is 4.90 Å². The third-order valence-corrected chi connectivity index (χ3v) is 2.99. The number of carbonyl (C=O) groups excluding carboxylic acids is 1. The highest BCUT2D eigenvalue weighted by atomic mass is 16.5. The number of carboxylic acids is 1. The lowest BCUT2D eigenvalue weighted by molar-refractivity contribution is -0.154. The molecule has 2 heterocycles. The van der Waals surface area contributed by atoms with Crippen LogP contribution in [0.2, 0.25) is 0 Å². The van der Waals surface area contributed by atoms with Crippen molar-refractivity contribution in [1.82, 2.24) is 4.90 Å². The fourth-order valence-electron chi connectivity index (χ4n) is 2.14. The molecule has 0 spiro atoms. The zero-order valence-corrected chi connectivity index (χ0v) is 8.52. The first-order valence-corrected chi connectivity index (χ1v) is 5.35. The van der Waals surface area contributed by atoms with Crippen LogP contribution in [-0.2, 0) is 14.3 Å². The second-order valence-corrected chi connectivity index (χ2v) is 4.06. The minimum absolute atomic E-state index is 0.0312. The van der Waals surface area contributed by atoms with E-state index in [0.29, 0.717) is 12.8 Å². The Morgan fingerprint density at radius 1 is 1.13 bits per heavy atom. The Labute approximate surface area is 88.0 Å². The van der Waals surface area contributed by atoms with E-state index >= 15 is 0 Å². The van der Waals surface area contributed by atoms with Crippen molar-refractivity contribution in [2.45, 2.75) is 37.9 Å². The minimum atomic E-state index is -0.966. The molecule has 0 aromatic rings. The molecule has 0 aromatic carbocycles. The van der Waals surface area contributed by atoms with Gasteiger partial charge in [-0.1, -0.05) is 0 Å². The number of carbonyl (C=O) groups is 2. The van der Waals surface area contributed by atoms with Crippen molar-refractivity contribution >= 4 is 11.9 Å². The molecular weight excluding hydrogens is 198 g/mol. The van der Waals surface area contributed by atoms with Gasteiger partial charge >= 0.3 is 5.97 Å². The molecule has 2 aliphatic rings. The van der Waals surface area contributed by atoms with Crippen LogP contribution >= 0.6 is 0 Å². The number of aliphatic carboxylic acids is 1. The van der Waals surface area contributed by atoms with Gasteiger partial charge in [-0.2, -0.15) is 0 Å². The first-order valence-electron chi connectivity index (χ1n) is 5.35. The number of likely N-dealkylation sites (tertiary alicyclic amines) is 1. The van der Waals surface area contributed by atoms with Crippen LogP contribution in [0.25, 0.3) is 0 Å². The summed E-state index contributed by atoms with van der Waals surface area (Å²) < 4.78 is 5.21. The highest BCUT2D eigenvalue weighted by Crippen LogP contribution is 2.23. The van der Waals surface area contributed by atoms with Gasteiger partial charge in [0.25, 0.3) is 5.91 Å². The lowest BCUT2D eigenvalue weighted by Gasteiger charge is -2.19. The van der Waals surface area contributed by atoms with Crippen molar-refractivity contribution in [3.8, 4) is 0 Å². The van der Waals surface area contributed by atoms with E-state index in [-0.39, 0.29) is 5.91 Å². The van der Waals surface area contributed by atoms with E-state index < -0.39 is 18.2 Å². The molecule has 5 heteroatoms. The fourth-order valence-corrected chi connectivity index (χ4v) is 2.14. The number of hydrogen-bond donors (Lipinski definition) is 1. The van der Waals surface area contributed by atoms with Gasteiger partial charge in [-0.3, -0.25) is 4.79 Å². The second kappa shape index (κ2) is 4.18. The molecule has 0 saturated carbocycles. The highest BCUT2D eigenvalue weighted by Gasteiger charge is 2.37. The van der Waals surface area contributed by atoms with Gasteiger partial charge in [0.15, 0.2) is 6.10 Å². The molecule has 1 amide bonds. The smallest absolute Gasteiger partial charge is 0.332 e. The minimum Gasteiger partial charge on any atom is -0.479 e. The molecule has 5 nitrogen and oxygen atoms in total. The number of ether oxygens (including phenoxy) is 1. The summed E-state index contributed by atoms with van der Waals surface area (Å²) in [7, 11) is 0. The average molecular weight is 213 g/mol. The molecule has 2 fully saturated rings. The molecule has 0 unspecified atom stereocenters. The number of amides is 1. The van der Waals surface area contributed by atoms with Crippen LogP contribution in [0.5, 0.6) is 0 Å². The molecule has 2 aliphatic heterocycles. The molecule has 0 aliphatic carbocycles. The lowest BCUT2D eigenvalue weighted by atomic mass is 10.2. The van der Waals surface area contributed by atoms with Crippen LogP contribution in [0.1, 0.15) is 25.7 Å². The maximum atomic E-state index is 11.8. The van der Waals surface area contributed by atoms with E-state index in [4.69, 9.17) is 9.84 Å². The zero-order chi connectivity index (χ0) is 10.8. The van der Waals surface area contributed by atoms with Gasteiger partial charge in [-0.05, 0) is 25.7 Å². The Hall–Kier alpha value is -1.10. The Kier molecular flexibility index (Phi) is 2.90. The van der Waals surface area contributed by atoms with Gasteiger partial charge in [0.1, 0.15) is 6.10 Å². The normalized spacial score (nSPS) is 30.8. The third-order valence-electron chi connectivity index (χ3n) is 2.99. The summed E-state index contributed by atoms with van der Waals surface area (Å²) in [6, 6.07) is 0. The van der Waals surface area contributed by atoms with Gasteiger partial charge in [-0.15, -0.1) is 0 Å². The fraction of sp³-hybridized carbons (Fsp3) is 0.800. The van der Waals surface area contributed by atoms with Crippen molar-refractivity contribution in [1.29, 1.82) is 0 Å². The molecule has 0 aromatic heterocycles. The zero-order valence-electron chi connectivity index (χ0n) is 8.52. The van der Waals surface area contributed by atoms with E-state index in [1.165, 1.54) is 0 Å². The molecule has 2 rings (SSSR count). The maximum Gasteiger partial charge on any atom is 0.332 e. The number of hydrogen-bond acceptors (Lipinski definition) is 3. The van der Waals surface area contributed by atoms with Gasteiger partial charge in [-0.25, -0.2) is 4.79 Å². The summed E-state index contributed by atoms with van der Waals surface area (Å²) in [5.41, 5.74) is 0. The van der Waals surface area contributed by atoms with Gasteiger partial charge in [0.05, 0.1) is 0 Å². The molecule has 15 heavy (non-hydrogen) atoms. The first-order chi connectivity index (χ1) is 7.18. The van der Waals surface area contributed by atoms with Crippen molar-refractivity contribution < 1.29 is 19.4 Å². The molecular formula is C10H15NO4. The third kappa shape index (κ3) is 2.12. The van der Waals surface area contributed by atoms with Crippen LogP contribution in [0.4, 0.5) is 0 Å². The molecule has 0 radical (unpaired) electrons. The van der Waals surface area contributed by atoms with Crippen LogP contribution in [0, 0.1) is 0 Å². The largest absolute Gasteiger partial charge is 0.479 e.